The Morgan fingerprint density at radius 2 is 1.55 bits per heavy atom. The number of phenols is 1. The molecule has 0 spiro atoms. The van der Waals surface area contributed by atoms with E-state index in [2.05, 4.69) is 57.5 Å². The number of nitrogens with zero attached hydrogens (tertiary/aromatic N) is 1. The van der Waals surface area contributed by atoms with Crippen LogP contribution in [-0.2, 0) is 20.5 Å². The number of benzene rings is 2. The van der Waals surface area contributed by atoms with Crippen LogP contribution in [0.25, 0.3) is 11.6 Å². The first-order valence-corrected chi connectivity index (χ1v) is 10.4. The molecule has 0 saturated heterocycles. The van der Waals surface area contributed by atoms with Crippen LogP contribution in [0.5, 0.6) is 5.75 Å². The lowest BCUT2D eigenvalue weighted by molar-refractivity contribution is -0.118. The lowest BCUT2D eigenvalue weighted by atomic mass is 9.78. The number of aromatic hydroxyl groups is 1. The first kappa shape index (κ1) is 21.6. The fourth-order valence-corrected chi connectivity index (χ4v) is 3.95. The van der Waals surface area contributed by atoms with Crippen LogP contribution < -0.4 is 5.06 Å². The Kier molecular flexibility index (Phi) is 5.43. The third kappa shape index (κ3) is 3.99. The highest BCUT2D eigenvalue weighted by atomic mass is 79.9. The molecule has 0 aliphatic carbocycles. The minimum absolute atomic E-state index is 0.205. The van der Waals surface area contributed by atoms with Gasteiger partial charge in [0.25, 0.3) is 5.91 Å². The molecule has 5 heteroatoms. The largest absolute Gasteiger partial charge is 0.507 e. The highest BCUT2D eigenvalue weighted by Gasteiger charge is 2.33. The first-order valence-electron chi connectivity index (χ1n) is 9.62. The Bertz CT molecular complexity index is 975. The summed E-state index contributed by atoms with van der Waals surface area (Å²) in [5.74, 6) is 0.121. The minimum Gasteiger partial charge on any atom is -0.507 e. The summed E-state index contributed by atoms with van der Waals surface area (Å²) >= 11 is 3.46. The number of carbonyl (C=O) groups is 1. The van der Waals surface area contributed by atoms with Gasteiger partial charge in [0.1, 0.15) is 5.75 Å². The number of hydrogen-bond donors (Lipinski definition) is 1. The van der Waals surface area contributed by atoms with E-state index in [4.69, 9.17) is 4.84 Å². The monoisotopic (exact) mass is 457 g/mol. The van der Waals surface area contributed by atoms with Crippen LogP contribution in [0, 0.1) is 0 Å². The second-order valence-corrected chi connectivity index (χ2v) is 10.4. The molecule has 0 unspecified atom stereocenters. The summed E-state index contributed by atoms with van der Waals surface area (Å²) < 4.78 is 0.877. The van der Waals surface area contributed by atoms with E-state index < -0.39 is 0 Å². The molecular weight excluding hydrogens is 430 g/mol. The maximum Gasteiger partial charge on any atom is 0.282 e. The highest BCUT2D eigenvalue weighted by Crippen LogP contribution is 2.43. The summed E-state index contributed by atoms with van der Waals surface area (Å²) in [7, 11) is 1.49. The third-order valence-corrected chi connectivity index (χ3v) is 5.62. The summed E-state index contributed by atoms with van der Waals surface area (Å²) in [6.45, 7) is 12.5. The Labute approximate surface area is 181 Å². The van der Waals surface area contributed by atoms with Crippen molar-refractivity contribution in [2.24, 2.45) is 0 Å². The molecule has 1 heterocycles. The van der Waals surface area contributed by atoms with Crippen LogP contribution in [-0.4, -0.2) is 18.1 Å². The number of anilines is 1. The molecule has 0 bridgehead atoms. The second kappa shape index (κ2) is 7.29. The van der Waals surface area contributed by atoms with E-state index in [1.165, 1.54) is 12.2 Å². The Morgan fingerprint density at radius 1 is 1.00 bits per heavy atom. The molecule has 3 rings (SSSR count). The van der Waals surface area contributed by atoms with E-state index in [1.54, 1.807) is 0 Å². The van der Waals surface area contributed by atoms with E-state index in [9.17, 15) is 9.90 Å². The predicted octanol–water partition coefficient (Wildman–Crippen LogP) is 6.20. The molecule has 29 heavy (non-hydrogen) atoms. The zero-order valence-corrected chi connectivity index (χ0v) is 19.6. The standard InChI is InChI=1S/C24H28BrNO3/c1-23(2,3)18-11-14(12-19(21(18)27)24(4,5)6)10-17-16-9-8-15(25)13-20(16)26(29-7)22(17)28/h8-13,27H,1-7H3. The minimum atomic E-state index is -0.236. The van der Waals surface area contributed by atoms with Crippen molar-refractivity contribution in [2.45, 2.75) is 52.4 Å². The van der Waals surface area contributed by atoms with Crippen LogP contribution in [0.2, 0.25) is 0 Å². The quantitative estimate of drug-likeness (QED) is 0.546. The first-order chi connectivity index (χ1) is 13.3. The van der Waals surface area contributed by atoms with Gasteiger partial charge in [-0.15, -0.1) is 0 Å². The molecule has 1 aliphatic rings. The van der Waals surface area contributed by atoms with Gasteiger partial charge in [0.2, 0.25) is 0 Å². The molecule has 1 N–H and O–H groups in total. The van der Waals surface area contributed by atoms with Gasteiger partial charge in [0, 0.05) is 21.2 Å². The fraction of sp³-hybridized carbons (Fsp3) is 0.375. The zero-order valence-electron chi connectivity index (χ0n) is 18.1. The van der Waals surface area contributed by atoms with E-state index in [0.717, 1.165) is 26.7 Å². The van der Waals surface area contributed by atoms with Gasteiger partial charge in [-0.3, -0.25) is 9.63 Å². The van der Waals surface area contributed by atoms with Crippen LogP contribution in [0.3, 0.4) is 0 Å². The van der Waals surface area contributed by atoms with Crippen molar-refractivity contribution in [3.05, 3.63) is 57.1 Å². The number of hydrogen-bond acceptors (Lipinski definition) is 3. The number of carbonyl (C=O) groups excluding carboxylic acids is 1. The van der Waals surface area contributed by atoms with Gasteiger partial charge in [-0.25, -0.2) is 0 Å². The average Bonchev–Trinajstić information content (AvgIpc) is 2.84. The van der Waals surface area contributed by atoms with Crippen molar-refractivity contribution in [3.8, 4) is 5.75 Å². The molecule has 0 fully saturated rings. The molecule has 1 amide bonds. The fourth-order valence-electron chi connectivity index (χ4n) is 3.61. The molecule has 2 aromatic carbocycles. The summed E-state index contributed by atoms with van der Waals surface area (Å²) in [6, 6.07) is 9.64. The van der Waals surface area contributed by atoms with Gasteiger partial charge in [0.15, 0.2) is 0 Å². The van der Waals surface area contributed by atoms with Crippen molar-refractivity contribution in [3.63, 3.8) is 0 Å². The Morgan fingerprint density at radius 3 is 2.03 bits per heavy atom. The predicted molar refractivity (Wildman–Crippen MR) is 122 cm³/mol. The normalized spacial score (nSPS) is 15.9. The molecule has 1 aliphatic heterocycles. The van der Waals surface area contributed by atoms with Crippen molar-refractivity contribution in [1.29, 1.82) is 0 Å². The van der Waals surface area contributed by atoms with Crippen LogP contribution in [0.4, 0.5) is 5.69 Å². The number of hydroxylamine groups is 1. The lowest BCUT2D eigenvalue weighted by Crippen LogP contribution is -2.24. The number of rotatable bonds is 2. The number of fused-ring (bicyclic) bond motifs is 1. The molecule has 4 nitrogen and oxygen atoms in total. The van der Waals surface area contributed by atoms with E-state index in [0.29, 0.717) is 17.0 Å². The van der Waals surface area contributed by atoms with E-state index in [-0.39, 0.29) is 16.7 Å². The van der Waals surface area contributed by atoms with Crippen LogP contribution >= 0.6 is 15.9 Å². The van der Waals surface area contributed by atoms with Crippen molar-refractivity contribution >= 4 is 39.2 Å². The van der Waals surface area contributed by atoms with Gasteiger partial charge in [-0.1, -0.05) is 63.5 Å². The molecule has 0 aromatic heterocycles. The van der Waals surface area contributed by atoms with Gasteiger partial charge >= 0.3 is 0 Å². The van der Waals surface area contributed by atoms with Gasteiger partial charge in [-0.2, -0.15) is 5.06 Å². The van der Waals surface area contributed by atoms with Crippen molar-refractivity contribution in [2.75, 3.05) is 12.2 Å². The van der Waals surface area contributed by atoms with Gasteiger partial charge < -0.3 is 5.11 Å². The SMILES string of the molecule is CON1C(=O)C(=Cc2cc(C(C)(C)C)c(O)c(C(C)(C)C)c2)c2ccc(Br)cc21. The maximum absolute atomic E-state index is 13.0. The summed E-state index contributed by atoms with van der Waals surface area (Å²) in [4.78, 5) is 18.3. The molecule has 2 aromatic rings. The van der Waals surface area contributed by atoms with Crippen LogP contribution in [0.1, 0.15) is 63.8 Å². The average molecular weight is 458 g/mol. The smallest absolute Gasteiger partial charge is 0.282 e. The summed E-state index contributed by atoms with van der Waals surface area (Å²) in [5, 5.41) is 12.3. The Hall–Kier alpha value is -2.11. The number of phenolic OH excluding ortho intramolecular Hbond substituents is 1. The van der Waals surface area contributed by atoms with Crippen LogP contribution in [0.15, 0.2) is 34.8 Å². The second-order valence-electron chi connectivity index (χ2n) is 9.47. The zero-order chi connectivity index (χ0) is 21.7. The number of halogens is 1. The van der Waals surface area contributed by atoms with E-state index >= 15 is 0 Å². The molecular formula is C24H28BrNO3. The summed E-state index contributed by atoms with van der Waals surface area (Å²) in [5.41, 5.74) is 4.24. The van der Waals surface area contributed by atoms with Gasteiger partial charge in [0.05, 0.1) is 18.4 Å². The molecule has 0 atom stereocenters. The third-order valence-electron chi connectivity index (χ3n) is 5.13. The maximum atomic E-state index is 13.0. The highest BCUT2D eigenvalue weighted by molar-refractivity contribution is 9.10. The topological polar surface area (TPSA) is 49.8 Å². The number of amides is 1. The molecule has 154 valence electrons. The Balaban J connectivity index is 2.25. The molecule has 0 saturated carbocycles. The lowest BCUT2D eigenvalue weighted by Gasteiger charge is -2.28. The van der Waals surface area contributed by atoms with E-state index in [1.807, 2.05) is 36.4 Å². The van der Waals surface area contributed by atoms with Crippen molar-refractivity contribution in [1.82, 2.24) is 0 Å². The van der Waals surface area contributed by atoms with Crippen molar-refractivity contribution < 1.29 is 14.7 Å². The van der Waals surface area contributed by atoms with Gasteiger partial charge in [-0.05, 0) is 46.7 Å². The molecule has 0 radical (unpaired) electrons. The summed E-state index contributed by atoms with van der Waals surface area (Å²) in [6.07, 6.45) is 1.89.